The van der Waals surface area contributed by atoms with Gasteiger partial charge in [0.25, 0.3) is 5.91 Å². The number of nitrogens with one attached hydrogen (secondary N) is 1. The van der Waals surface area contributed by atoms with Crippen LogP contribution in [0.2, 0.25) is 0 Å². The largest absolute Gasteiger partial charge is 0.417 e. The summed E-state index contributed by atoms with van der Waals surface area (Å²) in [7, 11) is 0. The Kier molecular flexibility index (Phi) is 4.70. The fourth-order valence-corrected chi connectivity index (χ4v) is 2.56. The first kappa shape index (κ1) is 15.3. The SMILES string of the molecule is O=C(NOC1CCCC1)c1ccc(Br)c(C(F)(F)F)c1. The van der Waals surface area contributed by atoms with Crippen molar-refractivity contribution in [2.24, 2.45) is 0 Å². The molecule has 2 rings (SSSR count). The van der Waals surface area contributed by atoms with Gasteiger partial charge in [-0.25, -0.2) is 5.48 Å². The van der Waals surface area contributed by atoms with E-state index in [1.165, 1.54) is 12.1 Å². The summed E-state index contributed by atoms with van der Waals surface area (Å²) in [4.78, 5) is 17.0. The molecule has 1 saturated carbocycles. The van der Waals surface area contributed by atoms with Gasteiger partial charge in [-0.05, 0) is 31.0 Å². The number of halogens is 4. The average molecular weight is 352 g/mol. The number of hydrogen-bond acceptors (Lipinski definition) is 2. The van der Waals surface area contributed by atoms with Crippen molar-refractivity contribution in [3.05, 3.63) is 33.8 Å². The maximum absolute atomic E-state index is 12.7. The minimum absolute atomic E-state index is 0.0449. The lowest BCUT2D eigenvalue weighted by atomic mass is 10.1. The fraction of sp³-hybridized carbons (Fsp3) is 0.462. The number of hydroxylamine groups is 1. The lowest BCUT2D eigenvalue weighted by molar-refractivity contribution is -0.138. The van der Waals surface area contributed by atoms with Crippen molar-refractivity contribution in [2.45, 2.75) is 38.0 Å². The van der Waals surface area contributed by atoms with Crippen LogP contribution in [0.5, 0.6) is 0 Å². The molecule has 1 aliphatic rings. The van der Waals surface area contributed by atoms with Gasteiger partial charge in [-0.1, -0.05) is 28.8 Å². The van der Waals surface area contributed by atoms with Crippen LogP contribution in [0.3, 0.4) is 0 Å². The molecule has 0 unspecified atom stereocenters. The second kappa shape index (κ2) is 6.13. The molecule has 1 aromatic carbocycles. The highest BCUT2D eigenvalue weighted by Gasteiger charge is 2.33. The van der Waals surface area contributed by atoms with Crippen LogP contribution in [-0.2, 0) is 11.0 Å². The maximum Gasteiger partial charge on any atom is 0.417 e. The molecule has 1 fully saturated rings. The van der Waals surface area contributed by atoms with Crippen LogP contribution >= 0.6 is 15.9 Å². The van der Waals surface area contributed by atoms with E-state index in [2.05, 4.69) is 21.4 Å². The Labute approximate surface area is 122 Å². The molecule has 0 radical (unpaired) electrons. The molecule has 110 valence electrons. The van der Waals surface area contributed by atoms with E-state index in [1.54, 1.807) is 0 Å². The fourth-order valence-electron chi connectivity index (χ4n) is 2.09. The number of rotatable bonds is 3. The van der Waals surface area contributed by atoms with Gasteiger partial charge in [-0.15, -0.1) is 0 Å². The molecule has 0 atom stereocenters. The van der Waals surface area contributed by atoms with Crippen LogP contribution < -0.4 is 5.48 Å². The average Bonchev–Trinajstić information content (AvgIpc) is 2.88. The zero-order valence-corrected chi connectivity index (χ0v) is 12.1. The van der Waals surface area contributed by atoms with Gasteiger partial charge in [-0.2, -0.15) is 13.2 Å². The summed E-state index contributed by atoms with van der Waals surface area (Å²) in [6.07, 6.45) is -0.769. The standard InChI is InChI=1S/C13H13BrF3NO2/c14-11-6-5-8(7-10(11)13(15,16)17)12(19)18-20-9-3-1-2-4-9/h5-7,9H,1-4H2,(H,18,19). The first-order chi connectivity index (χ1) is 9.38. The number of amides is 1. The van der Waals surface area contributed by atoms with Gasteiger partial charge in [0.2, 0.25) is 0 Å². The predicted molar refractivity (Wildman–Crippen MR) is 70.0 cm³/mol. The van der Waals surface area contributed by atoms with E-state index in [9.17, 15) is 18.0 Å². The van der Waals surface area contributed by atoms with Gasteiger partial charge in [0.05, 0.1) is 11.7 Å². The summed E-state index contributed by atoms with van der Waals surface area (Å²) in [5, 5.41) is 0. The minimum atomic E-state index is -4.51. The number of alkyl halides is 3. The van der Waals surface area contributed by atoms with Gasteiger partial charge in [0, 0.05) is 10.0 Å². The second-order valence-electron chi connectivity index (χ2n) is 4.65. The van der Waals surface area contributed by atoms with E-state index < -0.39 is 17.6 Å². The van der Waals surface area contributed by atoms with Crippen molar-refractivity contribution in [3.8, 4) is 0 Å². The molecule has 1 aromatic rings. The quantitative estimate of drug-likeness (QED) is 0.833. The summed E-state index contributed by atoms with van der Waals surface area (Å²) in [5.41, 5.74) is 1.25. The van der Waals surface area contributed by atoms with Crippen LogP contribution in [0.15, 0.2) is 22.7 Å². The van der Waals surface area contributed by atoms with Gasteiger partial charge in [0.1, 0.15) is 0 Å². The molecule has 1 N–H and O–H groups in total. The Hall–Kier alpha value is -1.08. The number of carbonyl (C=O) groups excluding carboxylic acids is 1. The van der Waals surface area contributed by atoms with Crippen LogP contribution in [0.4, 0.5) is 13.2 Å². The van der Waals surface area contributed by atoms with Gasteiger partial charge in [-0.3, -0.25) is 9.63 Å². The number of benzene rings is 1. The molecule has 0 saturated heterocycles. The van der Waals surface area contributed by atoms with E-state index in [1.807, 2.05) is 0 Å². The van der Waals surface area contributed by atoms with E-state index in [0.29, 0.717) is 0 Å². The van der Waals surface area contributed by atoms with Crippen molar-refractivity contribution in [1.82, 2.24) is 5.48 Å². The van der Waals surface area contributed by atoms with Crippen molar-refractivity contribution < 1.29 is 22.8 Å². The van der Waals surface area contributed by atoms with Crippen molar-refractivity contribution in [2.75, 3.05) is 0 Å². The Bertz CT molecular complexity index is 499. The van der Waals surface area contributed by atoms with E-state index in [4.69, 9.17) is 4.84 Å². The van der Waals surface area contributed by atoms with Crippen molar-refractivity contribution >= 4 is 21.8 Å². The first-order valence-electron chi connectivity index (χ1n) is 6.20. The molecular weight excluding hydrogens is 339 g/mol. The summed E-state index contributed by atoms with van der Waals surface area (Å²) in [5.74, 6) is -0.671. The van der Waals surface area contributed by atoms with Crippen LogP contribution in [0.1, 0.15) is 41.6 Å². The molecule has 1 amide bonds. The molecule has 0 heterocycles. The van der Waals surface area contributed by atoms with Crippen molar-refractivity contribution in [3.63, 3.8) is 0 Å². The third kappa shape index (κ3) is 3.73. The third-order valence-electron chi connectivity index (χ3n) is 3.15. The van der Waals surface area contributed by atoms with Crippen LogP contribution in [0.25, 0.3) is 0 Å². The molecule has 20 heavy (non-hydrogen) atoms. The summed E-state index contributed by atoms with van der Waals surface area (Å²) < 4.78 is 38.1. The zero-order chi connectivity index (χ0) is 14.8. The van der Waals surface area contributed by atoms with Gasteiger partial charge in [0.15, 0.2) is 0 Å². The molecule has 0 aliphatic heterocycles. The maximum atomic E-state index is 12.7. The zero-order valence-electron chi connectivity index (χ0n) is 10.5. The van der Waals surface area contributed by atoms with Crippen molar-refractivity contribution in [1.29, 1.82) is 0 Å². The molecule has 0 bridgehead atoms. The topological polar surface area (TPSA) is 38.3 Å². The summed E-state index contributed by atoms with van der Waals surface area (Å²) in [6, 6.07) is 3.32. The monoisotopic (exact) mass is 351 g/mol. The van der Waals surface area contributed by atoms with E-state index in [0.717, 1.165) is 31.7 Å². The van der Waals surface area contributed by atoms with Crippen LogP contribution in [0, 0.1) is 0 Å². The lowest BCUT2D eigenvalue weighted by Crippen LogP contribution is -2.28. The van der Waals surface area contributed by atoms with E-state index >= 15 is 0 Å². The summed E-state index contributed by atoms with van der Waals surface area (Å²) in [6.45, 7) is 0. The second-order valence-corrected chi connectivity index (χ2v) is 5.50. The first-order valence-corrected chi connectivity index (χ1v) is 7.00. The van der Waals surface area contributed by atoms with Gasteiger partial charge >= 0.3 is 6.18 Å². The van der Waals surface area contributed by atoms with Gasteiger partial charge < -0.3 is 0 Å². The van der Waals surface area contributed by atoms with Crippen LogP contribution in [-0.4, -0.2) is 12.0 Å². The molecule has 0 spiro atoms. The number of carbonyl (C=O) groups is 1. The molecule has 3 nitrogen and oxygen atoms in total. The molecule has 1 aliphatic carbocycles. The third-order valence-corrected chi connectivity index (χ3v) is 3.85. The van der Waals surface area contributed by atoms with E-state index in [-0.39, 0.29) is 16.1 Å². The normalized spacial score (nSPS) is 16.4. The number of hydrogen-bond donors (Lipinski definition) is 1. The Morgan fingerprint density at radius 1 is 1.30 bits per heavy atom. The predicted octanol–water partition coefficient (Wildman–Crippen LogP) is 4.07. The Balaban J connectivity index is 2.06. The minimum Gasteiger partial charge on any atom is -0.270 e. The Morgan fingerprint density at radius 3 is 2.55 bits per heavy atom. The summed E-state index contributed by atoms with van der Waals surface area (Å²) >= 11 is 2.83. The highest BCUT2D eigenvalue weighted by Crippen LogP contribution is 2.35. The molecular formula is C13H13BrF3NO2. The highest BCUT2D eigenvalue weighted by molar-refractivity contribution is 9.10. The molecule has 7 heteroatoms. The highest BCUT2D eigenvalue weighted by atomic mass is 79.9. The lowest BCUT2D eigenvalue weighted by Gasteiger charge is -2.13. The molecule has 0 aromatic heterocycles. The Morgan fingerprint density at radius 2 is 1.95 bits per heavy atom. The smallest absolute Gasteiger partial charge is 0.270 e.